The lowest BCUT2D eigenvalue weighted by atomic mass is 10.3. The summed E-state index contributed by atoms with van der Waals surface area (Å²) in [6, 6.07) is 5.13. The molecule has 0 radical (unpaired) electrons. The van der Waals surface area contributed by atoms with Gasteiger partial charge in [-0.2, -0.15) is 0 Å². The molecule has 0 saturated carbocycles. The van der Waals surface area contributed by atoms with Gasteiger partial charge in [0, 0.05) is 44.6 Å². The van der Waals surface area contributed by atoms with Gasteiger partial charge in [0.05, 0.1) is 5.69 Å². The van der Waals surface area contributed by atoms with Gasteiger partial charge in [-0.3, -0.25) is 0 Å². The molecular formula is C15H15F2N5S. The smallest absolute Gasteiger partial charge is 0.225 e. The Morgan fingerprint density at radius 2 is 1.78 bits per heavy atom. The lowest BCUT2D eigenvalue weighted by Gasteiger charge is -2.36. The van der Waals surface area contributed by atoms with Crippen molar-refractivity contribution < 1.29 is 8.78 Å². The minimum absolute atomic E-state index is 0.172. The average molecular weight is 335 g/mol. The van der Waals surface area contributed by atoms with Crippen molar-refractivity contribution >= 4 is 29.0 Å². The number of aromatic nitrogens is 2. The molecule has 0 unspecified atom stereocenters. The van der Waals surface area contributed by atoms with Crippen LogP contribution in [0, 0.1) is 11.6 Å². The van der Waals surface area contributed by atoms with Crippen LogP contribution in [-0.2, 0) is 0 Å². The number of piperazine rings is 1. The molecule has 0 bridgehead atoms. The maximum atomic E-state index is 13.7. The highest BCUT2D eigenvalue weighted by atomic mass is 32.1. The Morgan fingerprint density at radius 3 is 2.43 bits per heavy atom. The Kier molecular flexibility index (Phi) is 4.61. The maximum Gasteiger partial charge on any atom is 0.225 e. The second kappa shape index (κ2) is 6.82. The van der Waals surface area contributed by atoms with Gasteiger partial charge in [-0.1, -0.05) is 0 Å². The van der Waals surface area contributed by atoms with Crippen LogP contribution in [0.2, 0.25) is 0 Å². The third-order valence-corrected chi connectivity index (χ3v) is 3.93. The molecule has 2 aromatic rings. The van der Waals surface area contributed by atoms with Crippen molar-refractivity contribution in [3.63, 3.8) is 0 Å². The third kappa shape index (κ3) is 3.70. The highest BCUT2D eigenvalue weighted by molar-refractivity contribution is 7.80. The molecule has 1 aliphatic heterocycles. The van der Waals surface area contributed by atoms with E-state index in [1.165, 1.54) is 12.1 Å². The van der Waals surface area contributed by atoms with Crippen molar-refractivity contribution in [2.45, 2.75) is 0 Å². The Balaban J connectivity index is 1.58. The summed E-state index contributed by atoms with van der Waals surface area (Å²) in [5.41, 5.74) is 0.172. The molecular weight excluding hydrogens is 320 g/mol. The molecule has 5 nitrogen and oxygen atoms in total. The SMILES string of the molecule is Fc1ccc(NC(=S)N2CCN(c3ncccn3)CC2)c(F)c1. The van der Waals surface area contributed by atoms with Crippen LogP contribution in [-0.4, -0.2) is 46.2 Å². The van der Waals surface area contributed by atoms with E-state index in [0.29, 0.717) is 24.2 Å². The zero-order valence-electron chi connectivity index (χ0n) is 12.2. The highest BCUT2D eigenvalue weighted by Crippen LogP contribution is 2.16. The fourth-order valence-corrected chi connectivity index (χ4v) is 2.64. The number of anilines is 2. The van der Waals surface area contributed by atoms with E-state index in [2.05, 4.69) is 20.2 Å². The normalized spacial score (nSPS) is 14.7. The van der Waals surface area contributed by atoms with Gasteiger partial charge in [-0.05, 0) is 30.4 Å². The van der Waals surface area contributed by atoms with Crippen LogP contribution in [0.5, 0.6) is 0 Å². The van der Waals surface area contributed by atoms with E-state index in [1.807, 2.05) is 4.90 Å². The van der Waals surface area contributed by atoms with Gasteiger partial charge < -0.3 is 15.1 Å². The van der Waals surface area contributed by atoms with Crippen molar-refractivity contribution in [1.29, 1.82) is 0 Å². The van der Waals surface area contributed by atoms with Gasteiger partial charge in [0.15, 0.2) is 5.11 Å². The summed E-state index contributed by atoms with van der Waals surface area (Å²) < 4.78 is 26.6. The summed E-state index contributed by atoms with van der Waals surface area (Å²) in [6.45, 7) is 2.79. The predicted molar refractivity (Wildman–Crippen MR) is 88.4 cm³/mol. The maximum absolute atomic E-state index is 13.7. The Bertz CT molecular complexity index is 690. The first-order chi connectivity index (χ1) is 11.1. The number of hydrogen-bond acceptors (Lipinski definition) is 4. The van der Waals surface area contributed by atoms with E-state index in [-0.39, 0.29) is 5.69 Å². The fraction of sp³-hybridized carbons (Fsp3) is 0.267. The Labute approximate surface area is 138 Å². The first-order valence-electron chi connectivity index (χ1n) is 7.16. The van der Waals surface area contributed by atoms with Crippen LogP contribution in [0.15, 0.2) is 36.7 Å². The van der Waals surface area contributed by atoms with Crippen LogP contribution in [0.4, 0.5) is 20.4 Å². The fourth-order valence-electron chi connectivity index (χ4n) is 2.35. The van der Waals surface area contributed by atoms with Gasteiger partial charge in [-0.25, -0.2) is 18.7 Å². The van der Waals surface area contributed by atoms with Crippen molar-refractivity contribution in [2.24, 2.45) is 0 Å². The van der Waals surface area contributed by atoms with Crippen LogP contribution in [0.25, 0.3) is 0 Å². The van der Waals surface area contributed by atoms with Gasteiger partial charge in [0.25, 0.3) is 0 Å². The quantitative estimate of drug-likeness (QED) is 0.850. The molecule has 120 valence electrons. The molecule has 1 N–H and O–H groups in total. The van der Waals surface area contributed by atoms with E-state index >= 15 is 0 Å². The van der Waals surface area contributed by atoms with Crippen LogP contribution < -0.4 is 10.2 Å². The number of nitrogens with zero attached hydrogens (tertiary/aromatic N) is 4. The van der Waals surface area contributed by atoms with Crippen molar-refractivity contribution in [2.75, 3.05) is 36.4 Å². The minimum atomic E-state index is -0.663. The van der Waals surface area contributed by atoms with Gasteiger partial charge >= 0.3 is 0 Å². The summed E-state index contributed by atoms with van der Waals surface area (Å²) in [5.74, 6) is -0.588. The highest BCUT2D eigenvalue weighted by Gasteiger charge is 2.21. The van der Waals surface area contributed by atoms with E-state index in [0.717, 1.165) is 19.2 Å². The van der Waals surface area contributed by atoms with Crippen LogP contribution in [0.1, 0.15) is 0 Å². The summed E-state index contributed by atoms with van der Waals surface area (Å²) in [4.78, 5) is 12.5. The number of nitrogens with one attached hydrogen (secondary N) is 1. The largest absolute Gasteiger partial charge is 0.345 e. The number of hydrogen-bond donors (Lipinski definition) is 1. The van der Waals surface area contributed by atoms with Crippen molar-refractivity contribution in [1.82, 2.24) is 14.9 Å². The summed E-state index contributed by atoms with van der Waals surface area (Å²) in [5, 5.41) is 3.25. The molecule has 1 saturated heterocycles. The molecule has 0 amide bonds. The molecule has 1 fully saturated rings. The first kappa shape index (κ1) is 15.5. The van der Waals surface area contributed by atoms with Gasteiger partial charge in [0.1, 0.15) is 11.6 Å². The molecule has 1 aliphatic rings. The number of rotatable bonds is 2. The number of halogens is 2. The lowest BCUT2D eigenvalue weighted by molar-refractivity contribution is 0.388. The molecule has 3 rings (SSSR count). The van der Waals surface area contributed by atoms with Crippen molar-refractivity contribution in [3.8, 4) is 0 Å². The Morgan fingerprint density at radius 1 is 1.09 bits per heavy atom. The second-order valence-electron chi connectivity index (χ2n) is 5.08. The van der Waals surface area contributed by atoms with E-state index in [9.17, 15) is 8.78 Å². The molecule has 1 aromatic carbocycles. The molecule has 2 heterocycles. The molecule has 0 spiro atoms. The minimum Gasteiger partial charge on any atom is -0.345 e. The third-order valence-electron chi connectivity index (χ3n) is 3.57. The summed E-state index contributed by atoms with van der Waals surface area (Å²) in [7, 11) is 0. The number of benzene rings is 1. The van der Waals surface area contributed by atoms with Crippen molar-refractivity contribution in [3.05, 3.63) is 48.3 Å². The molecule has 0 atom stereocenters. The topological polar surface area (TPSA) is 44.3 Å². The first-order valence-corrected chi connectivity index (χ1v) is 7.57. The van der Waals surface area contributed by atoms with Gasteiger partial charge in [0.2, 0.25) is 5.95 Å². The van der Waals surface area contributed by atoms with Crippen LogP contribution in [0.3, 0.4) is 0 Å². The summed E-state index contributed by atoms with van der Waals surface area (Å²) >= 11 is 5.31. The molecule has 23 heavy (non-hydrogen) atoms. The van der Waals surface area contributed by atoms with E-state index in [1.54, 1.807) is 18.5 Å². The van der Waals surface area contributed by atoms with Gasteiger partial charge in [-0.15, -0.1) is 0 Å². The number of thiocarbonyl (C=S) groups is 1. The monoisotopic (exact) mass is 335 g/mol. The molecule has 0 aliphatic carbocycles. The van der Waals surface area contributed by atoms with E-state index < -0.39 is 11.6 Å². The lowest BCUT2D eigenvalue weighted by Crippen LogP contribution is -2.50. The standard InChI is InChI=1S/C15H15F2N5S/c16-11-2-3-13(12(17)10-11)20-15(23)22-8-6-21(7-9-22)14-18-4-1-5-19-14/h1-5,10H,6-9H2,(H,20,23). The Hall–Kier alpha value is -2.35. The second-order valence-corrected chi connectivity index (χ2v) is 5.46. The molecule has 8 heteroatoms. The van der Waals surface area contributed by atoms with Crippen LogP contribution >= 0.6 is 12.2 Å². The molecule has 1 aromatic heterocycles. The average Bonchev–Trinajstić information content (AvgIpc) is 2.58. The summed E-state index contributed by atoms with van der Waals surface area (Å²) in [6.07, 6.45) is 3.41. The zero-order chi connectivity index (χ0) is 16.2. The zero-order valence-corrected chi connectivity index (χ0v) is 13.1. The van der Waals surface area contributed by atoms with E-state index in [4.69, 9.17) is 12.2 Å². The predicted octanol–water partition coefficient (Wildman–Crippen LogP) is 2.27.